The molecule has 4 rings (SSSR count). The molecule has 0 aromatic heterocycles. The fourth-order valence-electron chi connectivity index (χ4n) is 4.67. The number of rotatable bonds is 4. The van der Waals surface area contributed by atoms with Crippen molar-refractivity contribution < 1.29 is 31.2 Å². The van der Waals surface area contributed by atoms with Crippen molar-refractivity contribution in [1.82, 2.24) is 0 Å². The SMILES string of the molecule is CC(=O)N1c2ccc(-c3ccc(S(C)(=O)=O)cc3)cc2N(C(=O)C2CCC(S(C)(=O)=O)O2)C[C@@H]1C. The van der Waals surface area contributed by atoms with E-state index in [2.05, 4.69) is 0 Å². The van der Waals surface area contributed by atoms with Crippen molar-refractivity contribution in [3.63, 3.8) is 0 Å². The van der Waals surface area contributed by atoms with Crippen LogP contribution in [-0.2, 0) is 34.0 Å². The molecule has 0 N–H and O–H groups in total. The molecule has 1 saturated heterocycles. The number of nitrogens with zero attached hydrogens (tertiary/aromatic N) is 2. The van der Waals surface area contributed by atoms with Crippen LogP contribution in [0.4, 0.5) is 11.4 Å². The summed E-state index contributed by atoms with van der Waals surface area (Å²) in [7, 11) is -6.77. The van der Waals surface area contributed by atoms with E-state index in [-0.39, 0.29) is 35.7 Å². The van der Waals surface area contributed by atoms with E-state index >= 15 is 0 Å². The fourth-order valence-corrected chi connectivity index (χ4v) is 6.20. The average Bonchev–Trinajstić information content (AvgIpc) is 3.28. The maximum Gasteiger partial charge on any atom is 0.256 e. The summed E-state index contributed by atoms with van der Waals surface area (Å²) >= 11 is 0. The number of sulfone groups is 2. The molecule has 0 aliphatic carbocycles. The van der Waals surface area contributed by atoms with Crippen molar-refractivity contribution in [1.29, 1.82) is 0 Å². The van der Waals surface area contributed by atoms with Crippen LogP contribution in [0.2, 0.25) is 0 Å². The van der Waals surface area contributed by atoms with E-state index in [1.54, 1.807) is 34.1 Å². The summed E-state index contributed by atoms with van der Waals surface area (Å²) in [6, 6.07) is 11.5. The molecule has 0 saturated carbocycles. The summed E-state index contributed by atoms with van der Waals surface area (Å²) in [6.45, 7) is 3.54. The minimum absolute atomic E-state index is 0.162. The van der Waals surface area contributed by atoms with Crippen LogP contribution in [-0.4, -0.2) is 65.3 Å². The van der Waals surface area contributed by atoms with Crippen LogP contribution in [0.3, 0.4) is 0 Å². The average molecular weight is 521 g/mol. The highest BCUT2D eigenvalue weighted by atomic mass is 32.2. The van der Waals surface area contributed by atoms with Gasteiger partial charge < -0.3 is 14.5 Å². The second-order valence-corrected chi connectivity index (χ2v) is 13.3. The van der Waals surface area contributed by atoms with Crippen molar-refractivity contribution >= 4 is 42.9 Å². The Kier molecular flexibility index (Phi) is 6.54. The van der Waals surface area contributed by atoms with Gasteiger partial charge in [0, 0.05) is 26.0 Å². The van der Waals surface area contributed by atoms with Gasteiger partial charge in [0.1, 0.15) is 6.10 Å². The summed E-state index contributed by atoms with van der Waals surface area (Å²) in [6.07, 6.45) is 1.88. The maximum absolute atomic E-state index is 13.5. The summed E-state index contributed by atoms with van der Waals surface area (Å²) in [5.41, 5.74) is 1.56. The molecule has 0 radical (unpaired) electrons. The molecule has 9 nitrogen and oxygen atoms in total. The quantitative estimate of drug-likeness (QED) is 0.607. The van der Waals surface area contributed by atoms with E-state index < -0.39 is 31.2 Å². The van der Waals surface area contributed by atoms with Crippen LogP contribution < -0.4 is 9.80 Å². The number of carbonyl (C=O) groups is 2. The van der Waals surface area contributed by atoms with Crippen molar-refractivity contribution in [2.45, 2.75) is 49.2 Å². The third kappa shape index (κ3) is 4.98. The predicted molar refractivity (Wildman–Crippen MR) is 133 cm³/mol. The first-order valence-corrected chi connectivity index (χ1v) is 15.0. The molecule has 2 aromatic carbocycles. The Balaban J connectivity index is 1.74. The van der Waals surface area contributed by atoms with Gasteiger partial charge in [-0.15, -0.1) is 0 Å². The predicted octanol–water partition coefficient (Wildman–Crippen LogP) is 2.39. The Morgan fingerprint density at radius 1 is 0.914 bits per heavy atom. The number of anilines is 2. The van der Waals surface area contributed by atoms with Gasteiger partial charge in [-0.1, -0.05) is 18.2 Å². The van der Waals surface area contributed by atoms with Crippen LogP contribution in [0.15, 0.2) is 47.4 Å². The zero-order chi connectivity index (χ0) is 25.7. The number of carbonyl (C=O) groups excluding carboxylic acids is 2. The van der Waals surface area contributed by atoms with Gasteiger partial charge in [-0.2, -0.15) is 0 Å². The number of ether oxygens (including phenoxy) is 1. The number of hydrogen-bond donors (Lipinski definition) is 0. The Hall–Kier alpha value is -2.76. The summed E-state index contributed by atoms with van der Waals surface area (Å²) in [5, 5.41) is 0. The molecule has 0 spiro atoms. The first-order valence-electron chi connectivity index (χ1n) is 11.2. The lowest BCUT2D eigenvalue weighted by atomic mass is 10.00. The van der Waals surface area contributed by atoms with Crippen LogP contribution in [0, 0.1) is 0 Å². The summed E-state index contributed by atoms with van der Waals surface area (Å²) in [4.78, 5) is 29.3. The molecule has 3 atom stereocenters. The zero-order valence-corrected chi connectivity index (χ0v) is 21.6. The monoisotopic (exact) mass is 520 g/mol. The topological polar surface area (TPSA) is 118 Å². The Morgan fingerprint density at radius 2 is 1.54 bits per heavy atom. The van der Waals surface area contributed by atoms with Crippen molar-refractivity contribution in [3.05, 3.63) is 42.5 Å². The molecule has 2 unspecified atom stereocenters. The number of amides is 2. The third-order valence-corrected chi connectivity index (χ3v) is 8.80. The second-order valence-electron chi connectivity index (χ2n) is 9.15. The molecule has 0 bridgehead atoms. The number of benzene rings is 2. The largest absolute Gasteiger partial charge is 0.349 e. The maximum atomic E-state index is 13.5. The molecule has 35 heavy (non-hydrogen) atoms. The molecular formula is C24H28N2O7S2. The van der Waals surface area contributed by atoms with Gasteiger partial charge in [0.05, 0.1) is 22.3 Å². The van der Waals surface area contributed by atoms with E-state index in [1.807, 2.05) is 13.0 Å². The second kappa shape index (κ2) is 9.03. The fraction of sp³-hybridized carbons (Fsp3) is 0.417. The van der Waals surface area contributed by atoms with Crippen molar-refractivity contribution in [2.24, 2.45) is 0 Å². The van der Waals surface area contributed by atoms with E-state index in [9.17, 15) is 26.4 Å². The Morgan fingerprint density at radius 3 is 2.09 bits per heavy atom. The minimum Gasteiger partial charge on any atom is -0.349 e. The lowest BCUT2D eigenvalue weighted by Crippen LogP contribution is -2.53. The lowest BCUT2D eigenvalue weighted by molar-refractivity contribution is -0.128. The highest BCUT2D eigenvalue weighted by Crippen LogP contribution is 2.40. The summed E-state index contributed by atoms with van der Waals surface area (Å²) < 4.78 is 53.0. The van der Waals surface area contributed by atoms with Crippen molar-refractivity contribution in [3.8, 4) is 11.1 Å². The Labute approximate surface area is 205 Å². The van der Waals surface area contributed by atoms with Gasteiger partial charge in [0.15, 0.2) is 25.1 Å². The van der Waals surface area contributed by atoms with E-state index in [0.717, 1.165) is 23.6 Å². The molecule has 2 aromatic rings. The molecular weight excluding hydrogens is 492 g/mol. The van der Waals surface area contributed by atoms with Crippen molar-refractivity contribution in [2.75, 3.05) is 28.9 Å². The molecule has 2 heterocycles. The normalized spacial score (nSPS) is 22.7. The molecule has 188 valence electrons. The van der Waals surface area contributed by atoms with Gasteiger partial charge >= 0.3 is 0 Å². The highest BCUT2D eigenvalue weighted by Gasteiger charge is 2.41. The standard InChI is InChI=1S/C24H28N2O7S2/c1-15-14-25(24(28)22-11-12-23(33-22)35(4,31)32)21-13-18(7-10-20(21)26(15)16(2)27)17-5-8-19(9-6-17)34(3,29)30/h5-10,13,15,22-23H,11-12,14H2,1-4H3/t15-,22?,23?/m0/s1. The highest BCUT2D eigenvalue weighted by molar-refractivity contribution is 7.91. The lowest BCUT2D eigenvalue weighted by Gasteiger charge is -2.41. The molecule has 11 heteroatoms. The van der Waals surface area contributed by atoms with Crippen LogP contribution in [0.1, 0.15) is 26.7 Å². The number of fused-ring (bicyclic) bond motifs is 1. The van der Waals surface area contributed by atoms with Crippen LogP contribution in [0.5, 0.6) is 0 Å². The number of hydrogen-bond acceptors (Lipinski definition) is 7. The van der Waals surface area contributed by atoms with Crippen LogP contribution >= 0.6 is 0 Å². The minimum atomic E-state index is -3.44. The first kappa shape index (κ1) is 25.3. The van der Waals surface area contributed by atoms with Crippen LogP contribution in [0.25, 0.3) is 11.1 Å². The van der Waals surface area contributed by atoms with Gasteiger partial charge in [-0.05, 0) is 55.2 Å². The van der Waals surface area contributed by atoms with E-state index in [1.165, 1.54) is 19.1 Å². The Bertz CT molecular complexity index is 1390. The van der Waals surface area contributed by atoms with Gasteiger partial charge in [-0.25, -0.2) is 16.8 Å². The van der Waals surface area contributed by atoms with E-state index in [0.29, 0.717) is 17.8 Å². The third-order valence-electron chi connectivity index (χ3n) is 6.37. The van der Waals surface area contributed by atoms with Gasteiger partial charge in [0.2, 0.25) is 5.91 Å². The smallest absolute Gasteiger partial charge is 0.256 e. The zero-order valence-electron chi connectivity index (χ0n) is 20.0. The molecule has 1 fully saturated rings. The first-order chi connectivity index (χ1) is 16.3. The van der Waals surface area contributed by atoms with Gasteiger partial charge in [0.25, 0.3) is 5.91 Å². The summed E-state index contributed by atoms with van der Waals surface area (Å²) in [5.74, 6) is -0.512. The molecule has 2 amide bonds. The van der Waals surface area contributed by atoms with Gasteiger partial charge in [-0.3, -0.25) is 9.59 Å². The van der Waals surface area contributed by atoms with E-state index in [4.69, 9.17) is 4.74 Å². The molecule has 2 aliphatic rings. The molecule has 2 aliphatic heterocycles.